The number of halogens is 2. The Labute approximate surface area is 358 Å². The molecule has 2 aromatic rings. The number of likely N-dealkylation sites (tertiary alicyclic amines) is 2. The number of thiazole rings is 2. The first-order valence-electron chi connectivity index (χ1n) is 20.4. The van der Waals surface area contributed by atoms with Crippen LogP contribution in [0.4, 0.5) is 9.59 Å². The topological polar surface area (TPSA) is 114 Å². The monoisotopic (exact) mass is 899 g/mol. The summed E-state index contributed by atoms with van der Waals surface area (Å²) in [6.07, 6.45) is 10.7. The van der Waals surface area contributed by atoms with Gasteiger partial charge in [-0.15, -0.1) is 35.1 Å². The number of alkyl halides is 1. The van der Waals surface area contributed by atoms with Crippen LogP contribution < -0.4 is 5.32 Å². The fourth-order valence-electron chi connectivity index (χ4n) is 7.11. The van der Waals surface area contributed by atoms with E-state index in [9.17, 15) is 14.4 Å². The highest BCUT2D eigenvalue weighted by Gasteiger charge is 2.40. The van der Waals surface area contributed by atoms with Gasteiger partial charge in [0, 0.05) is 65.0 Å². The highest BCUT2D eigenvalue weighted by molar-refractivity contribution is 9.09. The van der Waals surface area contributed by atoms with Gasteiger partial charge in [0.15, 0.2) is 0 Å². The molecule has 0 bridgehead atoms. The van der Waals surface area contributed by atoms with Gasteiger partial charge in [-0.3, -0.25) is 4.79 Å². The zero-order valence-corrected chi connectivity index (χ0v) is 39.3. The van der Waals surface area contributed by atoms with Crippen LogP contribution in [0.15, 0.2) is 10.8 Å². The maximum Gasteiger partial charge on any atom is 0.410 e. The fraction of sp³-hybridized carbons (Fsp3) is 0.786. The molecule has 3 saturated heterocycles. The summed E-state index contributed by atoms with van der Waals surface area (Å²) >= 11 is 6.91. The van der Waals surface area contributed by atoms with Crippen LogP contribution in [0.25, 0.3) is 0 Å². The highest BCUT2D eigenvalue weighted by atomic mass is 79.9. The summed E-state index contributed by atoms with van der Waals surface area (Å²) in [5, 5.41) is 11.1. The van der Waals surface area contributed by atoms with Gasteiger partial charge in [-0.25, -0.2) is 19.6 Å². The summed E-state index contributed by atoms with van der Waals surface area (Å²) in [5.41, 5.74) is 1.83. The van der Waals surface area contributed by atoms with Crippen molar-refractivity contribution in [2.75, 3.05) is 44.6 Å². The Morgan fingerprint density at radius 2 is 1.09 bits per heavy atom. The standard InChI is InChI=1S/C17H26N2O2S.C13H22BrNO3.C12H18N2S.ClH/c1-16(2,3)21-15(20)19-9-7-17(4,8-10-19)13-11-22-14(18-13)12-5-6-12;1-12(2,3)18-11(17)15-7-5-13(4,6-8-15)10(16)9-14;1-12(4-6-13-7-5-12)10-8-15-11(14-10)9-2-3-9;/h11-12H,5-10H2,1-4H3;5-9H2,1-4H3;8-9,13H,2-7H2,1H3;1H. The van der Waals surface area contributed by atoms with Crippen LogP contribution in [-0.2, 0) is 25.1 Å². The van der Waals surface area contributed by atoms with Gasteiger partial charge in [0.05, 0.1) is 26.7 Å². The second-order valence-corrected chi connectivity index (χ2v) is 21.5. The molecule has 5 heterocycles. The molecule has 2 amide bonds. The first kappa shape index (κ1) is 46.9. The Balaban J connectivity index is 0.000000188. The molecule has 10 nitrogen and oxygen atoms in total. The minimum Gasteiger partial charge on any atom is -0.444 e. The minimum atomic E-state index is -0.469. The molecule has 0 unspecified atom stereocenters. The number of hydrogen-bond donors (Lipinski definition) is 1. The van der Waals surface area contributed by atoms with E-state index in [2.05, 4.69) is 45.9 Å². The number of carbonyl (C=O) groups is 3. The first-order valence-corrected chi connectivity index (χ1v) is 23.3. The molecule has 0 atom stereocenters. The van der Waals surface area contributed by atoms with Gasteiger partial charge in [-0.2, -0.15) is 0 Å². The SMILES string of the molecule is CC(C)(C)OC(=O)N1CCC(C)(C(=O)CBr)CC1.CC(C)(C)OC(=O)N1CCC(C)(c2csc(C3CC3)n2)CC1.CC1(c2csc(C3CC3)n2)CCNCC1.Cl. The molecule has 3 aliphatic heterocycles. The summed E-state index contributed by atoms with van der Waals surface area (Å²) in [4.78, 5) is 49.1. The first-order chi connectivity index (χ1) is 25.7. The van der Waals surface area contributed by atoms with E-state index >= 15 is 0 Å². The number of ether oxygens (including phenoxy) is 2. The fourth-order valence-corrected chi connectivity index (χ4v) is 10.1. The number of piperidine rings is 3. The van der Waals surface area contributed by atoms with Gasteiger partial charge in [-0.1, -0.05) is 36.7 Å². The van der Waals surface area contributed by atoms with Crippen molar-refractivity contribution in [3.8, 4) is 0 Å². The molecule has 0 radical (unpaired) electrons. The average Bonchev–Trinajstić information content (AvgIpc) is 4.05. The van der Waals surface area contributed by atoms with Crippen LogP contribution in [0.3, 0.4) is 0 Å². The largest absolute Gasteiger partial charge is 0.444 e. The third kappa shape index (κ3) is 13.1. The van der Waals surface area contributed by atoms with Crippen molar-refractivity contribution in [3.63, 3.8) is 0 Å². The van der Waals surface area contributed by atoms with Crippen LogP contribution in [0, 0.1) is 5.41 Å². The Kier molecular flexibility index (Phi) is 16.0. The van der Waals surface area contributed by atoms with Gasteiger partial charge in [0.1, 0.15) is 17.0 Å². The smallest absolute Gasteiger partial charge is 0.410 e. The molecule has 56 heavy (non-hydrogen) atoms. The van der Waals surface area contributed by atoms with Crippen LogP contribution in [-0.4, -0.2) is 93.5 Å². The van der Waals surface area contributed by atoms with Crippen LogP contribution in [0.5, 0.6) is 0 Å². The molecule has 7 rings (SSSR count). The molecule has 316 valence electrons. The Hall–Kier alpha value is -1.80. The maximum atomic E-state index is 12.2. The second-order valence-electron chi connectivity index (χ2n) is 19.1. The molecule has 1 N–H and O–H groups in total. The number of amides is 2. The van der Waals surface area contributed by atoms with E-state index in [0.29, 0.717) is 36.7 Å². The molecule has 2 saturated carbocycles. The third-order valence-electron chi connectivity index (χ3n) is 11.7. The Morgan fingerprint density at radius 1 is 0.714 bits per heavy atom. The van der Waals surface area contributed by atoms with Crippen molar-refractivity contribution in [2.45, 2.75) is 160 Å². The summed E-state index contributed by atoms with van der Waals surface area (Å²) in [7, 11) is 0. The third-order valence-corrected chi connectivity index (χ3v) is 14.2. The predicted octanol–water partition coefficient (Wildman–Crippen LogP) is 10.4. The van der Waals surface area contributed by atoms with E-state index in [1.54, 1.807) is 4.90 Å². The lowest BCUT2D eigenvalue weighted by molar-refractivity contribution is -0.127. The number of nitrogens with one attached hydrogen (secondary N) is 1. The lowest BCUT2D eigenvalue weighted by atomic mass is 9.77. The van der Waals surface area contributed by atoms with E-state index in [1.807, 2.05) is 76.0 Å². The van der Waals surface area contributed by atoms with E-state index in [4.69, 9.17) is 19.4 Å². The summed E-state index contributed by atoms with van der Waals surface area (Å²) in [6, 6.07) is 0. The van der Waals surface area contributed by atoms with Crippen molar-refractivity contribution < 1.29 is 23.9 Å². The number of rotatable bonds is 6. The molecule has 5 aliphatic rings. The summed E-state index contributed by atoms with van der Waals surface area (Å²) in [6.45, 7) is 22.9. The van der Waals surface area contributed by atoms with Crippen molar-refractivity contribution >= 4 is 69.0 Å². The van der Waals surface area contributed by atoms with E-state index in [1.165, 1.54) is 59.9 Å². The summed E-state index contributed by atoms with van der Waals surface area (Å²) in [5.74, 6) is 1.75. The van der Waals surface area contributed by atoms with Crippen molar-refractivity contribution in [1.82, 2.24) is 25.1 Å². The van der Waals surface area contributed by atoms with Crippen molar-refractivity contribution in [2.24, 2.45) is 5.41 Å². The number of nitrogens with zero attached hydrogens (tertiary/aromatic N) is 4. The van der Waals surface area contributed by atoms with Gasteiger partial charge in [-0.05, 0) is 119 Å². The van der Waals surface area contributed by atoms with Gasteiger partial charge in [0.2, 0.25) is 0 Å². The number of aromatic nitrogens is 2. The predicted molar refractivity (Wildman–Crippen MR) is 233 cm³/mol. The molecule has 0 aromatic carbocycles. The number of carbonyl (C=O) groups excluding carboxylic acids is 3. The maximum absolute atomic E-state index is 12.2. The number of Topliss-reactive ketones (excluding diaryl/α,β-unsaturated/α-hetero) is 1. The lowest BCUT2D eigenvalue weighted by Crippen LogP contribution is -2.47. The van der Waals surface area contributed by atoms with E-state index < -0.39 is 11.2 Å². The molecule has 2 aliphatic carbocycles. The van der Waals surface area contributed by atoms with E-state index in [0.717, 1.165) is 50.9 Å². The quantitative estimate of drug-likeness (QED) is 0.285. The normalized spacial score (nSPS) is 21.6. The molecule has 2 aromatic heterocycles. The van der Waals surface area contributed by atoms with Crippen LogP contribution >= 0.6 is 51.0 Å². The summed E-state index contributed by atoms with van der Waals surface area (Å²) < 4.78 is 10.8. The number of hydrogen-bond acceptors (Lipinski definition) is 10. The Morgan fingerprint density at radius 3 is 1.45 bits per heavy atom. The van der Waals surface area contributed by atoms with Crippen LogP contribution in [0.2, 0.25) is 0 Å². The van der Waals surface area contributed by atoms with E-state index in [-0.39, 0.29) is 41.2 Å². The van der Waals surface area contributed by atoms with Crippen molar-refractivity contribution in [1.29, 1.82) is 0 Å². The minimum absolute atomic E-state index is 0. The van der Waals surface area contributed by atoms with Gasteiger partial charge < -0.3 is 24.6 Å². The highest BCUT2D eigenvalue weighted by Crippen LogP contribution is 2.45. The molecule has 5 fully saturated rings. The zero-order valence-electron chi connectivity index (χ0n) is 35.3. The van der Waals surface area contributed by atoms with Gasteiger partial charge >= 0.3 is 12.2 Å². The van der Waals surface area contributed by atoms with Crippen molar-refractivity contribution in [3.05, 3.63) is 32.2 Å². The Bertz CT molecular complexity index is 1610. The molecule has 14 heteroatoms. The lowest BCUT2D eigenvalue weighted by Gasteiger charge is -2.38. The van der Waals surface area contributed by atoms with Crippen LogP contribution in [0.1, 0.15) is 160 Å². The number of ketones is 1. The molecular weight excluding hydrogens is 834 g/mol. The zero-order chi connectivity index (χ0) is 40.2. The van der Waals surface area contributed by atoms with Gasteiger partial charge in [0.25, 0.3) is 0 Å². The molecular formula is C42H67BrClN5O5S2. The average molecular weight is 902 g/mol. The second kappa shape index (κ2) is 19.1. The molecule has 0 spiro atoms.